The van der Waals surface area contributed by atoms with Crippen LogP contribution in [-0.2, 0) is 15.4 Å². The number of amides is 1. The molecule has 0 unspecified atom stereocenters. The van der Waals surface area contributed by atoms with Crippen molar-refractivity contribution >= 4 is 44.2 Å². The largest absolute Gasteiger partial charge is 0.494 e. The highest BCUT2D eigenvalue weighted by atomic mass is 35.5. The number of ether oxygens (including phenoxy) is 3. The average Bonchev–Trinajstić information content (AvgIpc) is 2.98. The van der Waals surface area contributed by atoms with E-state index in [2.05, 4.69) is 10.3 Å². The summed E-state index contributed by atoms with van der Waals surface area (Å²) in [6, 6.07) is 11.1. The summed E-state index contributed by atoms with van der Waals surface area (Å²) in [5.74, 6) is 0.976. The molecule has 1 fully saturated rings. The summed E-state index contributed by atoms with van der Waals surface area (Å²) in [5.41, 5.74) is 3.33. The first-order valence-electron chi connectivity index (χ1n) is 9.28. The summed E-state index contributed by atoms with van der Waals surface area (Å²) >= 11 is 7.24. The number of anilines is 1. The molecule has 6 nitrogen and oxygen atoms in total. The first-order chi connectivity index (χ1) is 14.2. The Bertz CT molecular complexity index is 998. The van der Waals surface area contributed by atoms with E-state index in [0.717, 1.165) is 21.3 Å². The Morgan fingerprint density at radius 3 is 2.59 bits per heavy atom. The number of rotatable bonds is 5. The van der Waals surface area contributed by atoms with Crippen LogP contribution in [-0.4, -0.2) is 44.4 Å². The number of hydrogen-bond acceptors (Lipinski definition) is 6. The van der Waals surface area contributed by atoms with E-state index in [0.29, 0.717) is 48.8 Å². The fourth-order valence-corrected chi connectivity index (χ4v) is 4.50. The Labute approximate surface area is 177 Å². The van der Waals surface area contributed by atoms with Crippen molar-refractivity contribution in [3.63, 3.8) is 0 Å². The second-order valence-corrected chi connectivity index (χ2v) is 7.95. The monoisotopic (exact) mass is 432 g/mol. The van der Waals surface area contributed by atoms with E-state index in [4.69, 9.17) is 25.8 Å². The maximum atomic E-state index is 12.6. The number of hydrogen-bond donors (Lipinski definition) is 1. The zero-order valence-corrected chi connectivity index (χ0v) is 17.5. The van der Waals surface area contributed by atoms with Crippen LogP contribution in [0, 0.1) is 0 Å². The van der Waals surface area contributed by atoms with Crippen LogP contribution in [0.5, 0.6) is 5.75 Å². The van der Waals surface area contributed by atoms with Gasteiger partial charge in [0.15, 0.2) is 5.13 Å². The summed E-state index contributed by atoms with van der Waals surface area (Å²) < 4.78 is 17.8. The highest BCUT2D eigenvalue weighted by Crippen LogP contribution is 2.38. The minimum Gasteiger partial charge on any atom is -0.494 e. The van der Waals surface area contributed by atoms with Crippen molar-refractivity contribution in [3.05, 3.63) is 53.1 Å². The molecule has 2 heterocycles. The van der Waals surface area contributed by atoms with Crippen molar-refractivity contribution in [1.29, 1.82) is 0 Å². The Balaban J connectivity index is 1.64. The van der Waals surface area contributed by atoms with Gasteiger partial charge in [-0.05, 0) is 29.3 Å². The molecule has 1 aliphatic rings. The number of thiazole rings is 1. The van der Waals surface area contributed by atoms with Gasteiger partial charge in [0.2, 0.25) is 0 Å². The lowest BCUT2D eigenvalue weighted by Gasteiger charge is -2.15. The average molecular weight is 433 g/mol. The van der Waals surface area contributed by atoms with Gasteiger partial charge in [0.25, 0.3) is 5.91 Å². The number of carbonyl (C=O) groups is 1. The van der Waals surface area contributed by atoms with Crippen LogP contribution in [0.25, 0.3) is 10.2 Å². The van der Waals surface area contributed by atoms with Gasteiger partial charge in [0.05, 0.1) is 38.2 Å². The number of methoxy groups -OCH3 is 1. The normalized spacial score (nSPS) is 15.2. The molecule has 1 aromatic heterocycles. The van der Waals surface area contributed by atoms with Crippen molar-refractivity contribution in [3.8, 4) is 5.75 Å². The molecule has 8 heteroatoms. The molecule has 152 valence electrons. The number of fused-ring (bicyclic) bond motifs is 1. The summed E-state index contributed by atoms with van der Waals surface area (Å²) in [5, 5.41) is 3.42. The lowest BCUT2D eigenvalue weighted by Crippen LogP contribution is -2.11. The van der Waals surface area contributed by atoms with Gasteiger partial charge in [-0.1, -0.05) is 29.5 Å². The van der Waals surface area contributed by atoms with Crippen LogP contribution < -0.4 is 10.1 Å². The third kappa shape index (κ3) is 4.38. The number of benzene rings is 2. The fourth-order valence-electron chi connectivity index (χ4n) is 3.25. The van der Waals surface area contributed by atoms with E-state index in [1.807, 2.05) is 24.3 Å². The Hall–Kier alpha value is -2.19. The maximum absolute atomic E-state index is 12.6. The molecule has 4 rings (SSSR count). The van der Waals surface area contributed by atoms with Gasteiger partial charge in [-0.2, -0.15) is 0 Å². The fraction of sp³-hybridized carbons (Fsp3) is 0.333. The van der Waals surface area contributed by atoms with Crippen LogP contribution in [0.3, 0.4) is 0 Å². The molecular weight excluding hydrogens is 412 g/mol. The number of halogens is 1. The molecule has 1 saturated heterocycles. The van der Waals surface area contributed by atoms with Gasteiger partial charge >= 0.3 is 0 Å². The topological polar surface area (TPSA) is 69.7 Å². The number of nitrogens with zero attached hydrogens (tertiary/aromatic N) is 1. The van der Waals surface area contributed by atoms with Crippen molar-refractivity contribution < 1.29 is 19.0 Å². The van der Waals surface area contributed by atoms with Crippen molar-refractivity contribution in [1.82, 2.24) is 4.98 Å². The predicted octanol–water partition coefficient (Wildman–Crippen LogP) is 4.43. The predicted molar refractivity (Wildman–Crippen MR) is 115 cm³/mol. The molecule has 1 aliphatic heterocycles. The van der Waals surface area contributed by atoms with Crippen LogP contribution >= 0.6 is 22.9 Å². The smallest absolute Gasteiger partial charge is 0.257 e. The first-order valence-corrected chi connectivity index (χ1v) is 10.6. The molecular formula is C21H21ClN2O4S. The third-order valence-electron chi connectivity index (χ3n) is 4.80. The first kappa shape index (κ1) is 20.1. The zero-order chi connectivity index (χ0) is 20.2. The van der Waals surface area contributed by atoms with Gasteiger partial charge in [0, 0.05) is 17.4 Å². The summed E-state index contributed by atoms with van der Waals surface area (Å²) in [7, 11) is 1.61. The quantitative estimate of drug-likeness (QED) is 0.604. The lowest BCUT2D eigenvalue weighted by atomic mass is 10.0. The SMILES string of the molecule is COc1ccc(C2COCCOC2)c2sc(NC(=O)c3ccc(CCl)cc3)nc12. The molecule has 0 bridgehead atoms. The van der Waals surface area contributed by atoms with Gasteiger partial charge < -0.3 is 14.2 Å². The van der Waals surface area contributed by atoms with Crippen molar-refractivity contribution in [2.24, 2.45) is 0 Å². The van der Waals surface area contributed by atoms with Gasteiger partial charge in [-0.3, -0.25) is 10.1 Å². The molecule has 0 aliphatic carbocycles. The molecule has 0 spiro atoms. The molecule has 0 atom stereocenters. The lowest BCUT2D eigenvalue weighted by molar-refractivity contribution is 0.102. The summed E-state index contributed by atoms with van der Waals surface area (Å²) in [4.78, 5) is 17.2. The highest BCUT2D eigenvalue weighted by Gasteiger charge is 2.22. The van der Waals surface area contributed by atoms with Crippen LogP contribution in [0.1, 0.15) is 27.4 Å². The molecule has 29 heavy (non-hydrogen) atoms. The molecule has 0 radical (unpaired) electrons. The number of carbonyl (C=O) groups excluding carboxylic acids is 1. The number of nitrogens with one attached hydrogen (secondary N) is 1. The minimum atomic E-state index is -0.216. The molecule has 0 saturated carbocycles. The standard InChI is InChI=1S/C21H21ClN2O4S/c1-26-17-7-6-16(15-11-27-8-9-28-12-15)19-18(17)23-21(29-19)24-20(25)14-4-2-13(10-22)3-5-14/h2-7,15H,8-12H2,1H3,(H,23,24,25). The van der Waals surface area contributed by atoms with E-state index in [1.54, 1.807) is 19.2 Å². The molecule has 1 amide bonds. The van der Waals surface area contributed by atoms with Crippen molar-refractivity contribution in [2.75, 3.05) is 38.9 Å². The van der Waals surface area contributed by atoms with E-state index < -0.39 is 0 Å². The maximum Gasteiger partial charge on any atom is 0.257 e. The van der Waals surface area contributed by atoms with Crippen LogP contribution in [0.15, 0.2) is 36.4 Å². The zero-order valence-electron chi connectivity index (χ0n) is 15.9. The highest BCUT2D eigenvalue weighted by molar-refractivity contribution is 7.22. The molecule has 2 aromatic carbocycles. The van der Waals surface area contributed by atoms with Gasteiger partial charge in [-0.25, -0.2) is 4.98 Å². The molecule has 1 N–H and O–H groups in total. The van der Waals surface area contributed by atoms with E-state index >= 15 is 0 Å². The summed E-state index contributed by atoms with van der Waals surface area (Å²) in [6.07, 6.45) is 0. The molecule has 3 aromatic rings. The van der Waals surface area contributed by atoms with Crippen LogP contribution in [0.2, 0.25) is 0 Å². The van der Waals surface area contributed by atoms with Crippen LogP contribution in [0.4, 0.5) is 5.13 Å². The van der Waals surface area contributed by atoms with E-state index in [-0.39, 0.29) is 11.8 Å². The Morgan fingerprint density at radius 2 is 1.93 bits per heavy atom. The third-order valence-corrected chi connectivity index (χ3v) is 6.13. The van der Waals surface area contributed by atoms with Gasteiger partial charge in [0.1, 0.15) is 11.3 Å². The second-order valence-electron chi connectivity index (χ2n) is 6.69. The Morgan fingerprint density at radius 1 is 1.21 bits per heavy atom. The van der Waals surface area contributed by atoms with Crippen molar-refractivity contribution in [2.45, 2.75) is 11.8 Å². The van der Waals surface area contributed by atoms with Gasteiger partial charge in [-0.15, -0.1) is 11.6 Å². The number of alkyl halides is 1. The second kappa shape index (κ2) is 9.09. The summed E-state index contributed by atoms with van der Waals surface area (Å²) in [6.45, 7) is 2.38. The van der Waals surface area contributed by atoms with E-state index in [1.165, 1.54) is 11.3 Å². The Kier molecular flexibility index (Phi) is 6.30. The minimum absolute atomic E-state index is 0.109. The number of aromatic nitrogens is 1. The van der Waals surface area contributed by atoms with E-state index in [9.17, 15) is 4.79 Å².